The highest BCUT2D eigenvalue weighted by atomic mass is 16.5. The van der Waals surface area contributed by atoms with Gasteiger partial charge in [0, 0.05) is 6.42 Å². The molecule has 0 aromatic rings. The molecule has 2 nitrogen and oxygen atoms in total. The molecule has 0 aliphatic heterocycles. The van der Waals surface area contributed by atoms with Crippen molar-refractivity contribution in [3.63, 3.8) is 0 Å². The molecule has 0 aliphatic rings. The minimum absolute atomic E-state index is 0.0450. The molecule has 0 aromatic heterocycles. The van der Waals surface area contributed by atoms with Gasteiger partial charge in [-0.3, -0.25) is 4.79 Å². The Kier molecular flexibility index (Phi) is 12.5. The van der Waals surface area contributed by atoms with Gasteiger partial charge in [0.1, 0.15) is 6.10 Å². The molecule has 1 atom stereocenters. The molecule has 2 heteroatoms. The molecule has 0 saturated carbocycles. The number of hydrogen-bond donors (Lipinski definition) is 0. The second kappa shape index (κ2) is 12.9. The van der Waals surface area contributed by atoms with Crippen LogP contribution in [-0.4, -0.2) is 12.1 Å². The van der Waals surface area contributed by atoms with Gasteiger partial charge in [0.05, 0.1) is 0 Å². The van der Waals surface area contributed by atoms with Gasteiger partial charge in [-0.2, -0.15) is 0 Å². The van der Waals surface area contributed by atoms with Crippen molar-refractivity contribution in [3.8, 4) is 0 Å². The van der Waals surface area contributed by atoms with E-state index in [1.54, 1.807) is 0 Å². The second-order valence-corrected chi connectivity index (χ2v) is 5.16. The number of ether oxygens (including phenoxy) is 1. The third kappa shape index (κ3) is 10.6. The van der Waals surface area contributed by atoms with Gasteiger partial charge in [0.25, 0.3) is 0 Å². The van der Waals surface area contributed by atoms with Crippen molar-refractivity contribution in [1.82, 2.24) is 0 Å². The fourth-order valence-corrected chi connectivity index (χ4v) is 2.18. The van der Waals surface area contributed by atoms with Crippen LogP contribution in [0.5, 0.6) is 0 Å². The topological polar surface area (TPSA) is 26.3 Å². The first-order valence-corrected chi connectivity index (χ1v) is 7.94. The Morgan fingerprint density at radius 3 is 2.00 bits per heavy atom. The number of unbranched alkanes of at least 4 members (excludes halogenated alkanes) is 6. The SMILES string of the molecule is CCCCCCCCCC(CCC)OC(=O)CC. The van der Waals surface area contributed by atoms with Crippen molar-refractivity contribution in [2.75, 3.05) is 0 Å². The summed E-state index contributed by atoms with van der Waals surface area (Å²) in [4.78, 5) is 11.3. The number of hydrogen-bond acceptors (Lipinski definition) is 2. The van der Waals surface area contributed by atoms with Crippen LogP contribution in [0, 0.1) is 0 Å². The molecule has 0 amide bonds. The summed E-state index contributed by atoms with van der Waals surface area (Å²) in [5.41, 5.74) is 0. The Bertz CT molecular complexity index is 190. The largest absolute Gasteiger partial charge is 0.462 e. The van der Waals surface area contributed by atoms with Gasteiger partial charge in [-0.05, 0) is 19.3 Å². The molecule has 1 unspecified atom stereocenters. The van der Waals surface area contributed by atoms with E-state index in [9.17, 15) is 4.79 Å². The van der Waals surface area contributed by atoms with Crippen LogP contribution in [0.4, 0.5) is 0 Å². The number of esters is 1. The summed E-state index contributed by atoms with van der Waals surface area (Å²) in [6, 6.07) is 0. The van der Waals surface area contributed by atoms with Crippen molar-refractivity contribution < 1.29 is 9.53 Å². The van der Waals surface area contributed by atoms with Crippen LogP contribution in [0.15, 0.2) is 0 Å². The molecule has 0 heterocycles. The average Bonchev–Trinajstić information content (AvgIpc) is 2.37. The molecule has 0 radical (unpaired) electrons. The van der Waals surface area contributed by atoms with Gasteiger partial charge in [-0.1, -0.05) is 65.7 Å². The Balaban J connectivity index is 3.54. The summed E-state index contributed by atoms with van der Waals surface area (Å²) in [5.74, 6) is -0.0450. The summed E-state index contributed by atoms with van der Waals surface area (Å²) in [7, 11) is 0. The highest BCUT2D eigenvalue weighted by Crippen LogP contribution is 2.14. The summed E-state index contributed by atoms with van der Waals surface area (Å²) in [6.45, 7) is 6.26. The van der Waals surface area contributed by atoms with Gasteiger partial charge in [0.15, 0.2) is 0 Å². The van der Waals surface area contributed by atoms with E-state index in [1.165, 1.54) is 44.9 Å². The average molecular weight is 256 g/mol. The predicted molar refractivity (Wildman–Crippen MR) is 77.7 cm³/mol. The molecular weight excluding hydrogens is 224 g/mol. The maximum Gasteiger partial charge on any atom is 0.305 e. The van der Waals surface area contributed by atoms with Crippen LogP contribution in [0.3, 0.4) is 0 Å². The summed E-state index contributed by atoms with van der Waals surface area (Å²) < 4.78 is 5.45. The molecule has 0 aliphatic carbocycles. The van der Waals surface area contributed by atoms with Crippen LogP contribution >= 0.6 is 0 Å². The molecule has 0 N–H and O–H groups in total. The second-order valence-electron chi connectivity index (χ2n) is 5.16. The van der Waals surface area contributed by atoms with Gasteiger partial charge < -0.3 is 4.74 Å². The first kappa shape index (κ1) is 17.5. The number of carbonyl (C=O) groups is 1. The zero-order valence-corrected chi connectivity index (χ0v) is 12.7. The third-order valence-corrected chi connectivity index (χ3v) is 3.33. The van der Waals surface area contributed by atoms with Crippen molar-refractivity contribution >= 4 is 5.97 Å². The molecule has 0 fully saturated rings. The monoisotopic (exact) mass is 256 g/mol. The first-order valence-electron chi connectivity index (χ1n) is 7.94. The molecule has 0 rings (SSSR count). The van der Waals surface area contributed by atoms with E-state index in [0.717, 1.165) is 19.3 Å². The first-order chi connectivity index (χ1) is 8.74. The zero-order valence-electron chi connectivity index (χ0n) is 12.7. The highest BCUT2D eigenvalue weighted by Gasteiger charge is 2.11. The highest BCUT2D eigenvalue weighted by molar-refractivity contribution is 5.69. The van der Waals surface area contributed by atoms with Gasteiger partial charge in [-0.15, -0.1) is 0 Å². The summed E-state index contributed by atoms with van der Waals surface area (Å²) >= 11 is 0. The van der Waals surface area contributed by atoms with E-state index in [1.807, 2.05) is 6.92 Å². The fourth-order valence-electron chi connectivity index (χ4n) is 2.18. The van der Waals surface area contributed by atoms with Gasteiger partial charge in [0.2, 0.25) is 0 Å². The van der Waals surface area contributed by atoms with E-state index in [0.29, 0.717) is 6.42 Å². The van der Waals surface area contributed by atoms with Crippen LogP contribution < -0.4 is 0 Å². The minimum atomic E-state index is -0.0450. The molecule has 0 aromatic carbocycles. The normalized spacial score (nSPS) is 12.4. The molecular formula is C16H32O2. The van der Waals surface area contributed by atoms with E-state index >= 15 is 0 Å². The lowest BCUT2D eigenvalue weighted by atomic mass is 10.0. The van der Waals surface area contributed by atoms with E-state index in [-0.39, 0.29) is 12.1 Å². The Morgan fingerprint density at radius 1 is 0.833 bits per heavy atom. The molecule has 0 spiro atoms. The molecule has 108 valence electrons. The van der Waals surface area contributed by atoms with Gasteiger partial charge in [-0.25, -0.2) is 0 Å². The van der Waals surface area contributed by atoms with Crippen LogP contribution in [-0.2, 0) is 9.53 Å². The Morgan fingerprint density at radius 2 is 1.44 bits per heavy atom. The Hall–Kier alpha value is -0.530. The standard InChI is InChI=1S/C16H32O2/c1-4-7-8-9-10-11-12-14-15(13-5-2)18-16(17)6-3/h15H,4-14H2,1-3H3. The Labute approximate surface area is 113 Å². The van der Waals surface area contributed by atoms with Gasteiger partial charge >= 0.3 is 5.97 Å². The molecule has 18 heavy (non-hydrogen) atoms. The smallest absolute Gasteiger partial charge is 0.305 e. The van der Waals surface area contributed by atoms with E-state index in [2.05, 4.69) is 13.8 Å². The third-order valence-electron chi connectivity index (χ3n) is 3.33. The number of carbonyl (C=O) groups excluding carboxylic acids is 1. The lowest BCUT2D eigenvalue weighted by Crippen LogP contribution is -2.17. The predicted octanol–water partition coefficient (Wildman–Crippen LogP) is 5.25. The van der Waals surface area contributed by atoms with Crippen molar-refractivity contribution in [2.45, 2.75) is 97.5 Å². The van der Waals surface area contributed by atoms with Crippen LogP contribution in [0.1, 0.15) is 91.4 Å². The van der Waals surface area contributed by atoms with Crippen LogP contribution in [0.25, 0.3) is 0 Å². The summed E-state index contributed by atoms with van der Waals surface area (Å²) in [6.07, 6.45) is 13.1. The lowest BCUT2D eigenvalue weighted by Gasteiger charge is -2.16. The van der Waals surface area contributed by atoms with E-state index < -0.39 is 0 Å². The van der Waals surface area contributed by atoms with Crippen molar-refractivity contribution in [3.05, 3.63) is 0 Å². The molecule has 0 bridgehead atoms. The molecule has 0 saturated heterocycles. The number of rotatable bonds is 12. The maximum atomic E-state index is 11.3. The zero-order chi connectivity index (χ0) is 13.6. The minimum Gasteiger partial charge on any atom is -0.462 e. The fraction of sp³-hybridized carbons (Fsp3) is 0.938. The summed E-state index contributed by atoms with van der Waals surface area (Å²) in [5, 5.41) is 0. The van der Waals surface area contributed by atoms with Crippen molar-refractivity contribution in [1.29, 1.82) is 0 Å². The van der Waals surface area contributed by atoms with Crippen molar-refractivity contribution in [2.24, 2.45) is 0 Å². The maximum absolute atomic E-state index is 11.3. The van der Waals surface area contributed by atoms with Crippen LogP contribution in [0.2, 0.25) is 0 Å². The quantitative estimate of drug-likeness (QED) is 0.352. The lowest BCUT2D eigenvalue weighted by molar-refractivity contribution is -0.149. The van der Waals surface area contributed by atoms with E-state index in [4.69, 9.17) is 4.74 Å².